The van der Waals surface area contributed by atoms with Crippen LogP contribution in [0.3, 0.4) is 0 Å². The number of allylic oxidation sites excluding steroid dienone is 1. The van der Waals surface area contributed by atoms with Crippen molar-refractivity contribution >= 4 is 54.6 Å². The third-order valence-electron chi connectivity index (χ3n) is 8.72. The lowest BCUT2D eigenvalue weighted by atomic mass is 9.91. The molecule has 2 amide bonds. The molecule has 2 unspecified atom stereocenters. The minimum atomic E-state index is -0.931. The highest BCUT2D eigenvalue weighted by atomic mass is 32.1. The van der Waals surface area contributed by atoms with Gasteiger partial charge in [-0.25, -0.2) is 0 Å². The second-order valence-corrected chi connectivity index (χ2v) is 12.4. The lowest BCUT2D eigenvalue weighted by Gasteiger charge is -2.17. The van der Waals surface area contributed by atoms with Crippen molar-refractivity contribution in [3.05, 3.63) is 74.8 Å². The molecule has 2 aliphatic heterocycles. The normalized spacial score (nSPS) is 24.2. The smallest absolute Gasteiger partial charge is 0.303 e. The number of thiol groups is 1. The molecule has 11 heteroatoms. The Hall–Kier alpha value is -4.25. The standard InChI is InChI=1S/C33H40N4O6S/c1-7-20-15(2)25(36-33(20)43)12-23-16(3)21(8-10-29(38)39)26(34-23)14-27-22(9-11-30(40)41)17(4)24(35-27)13-28-31(19(6)44)18(5)32(42)37-28/h7,12-14,18-20,25,31,34-35,44H,1-2,8-11H2,3-6H3,(H,36,43)(H,37,42)(H,38,39)(H,40,41)/b23-12+,26-14-,28-13-/t18-,19?,20?,25-,31+/m1/s1. The average Bonchev–Trinajstić information content (AvgIpc) is 3.59. The van der Waals surface area contributed by atoms with Crippen molar-refractivity contribution in [2.24, 2.45) is 17.8 Å². The Morgan fingerprint density at radius 2 is 1.59 bits per heavy atom. The van der Waals surface area contributed by atoms with E-state index in [4.69, 9.17) is 0 Å². The number of rotatable bonds is 11. The molecular formula is C33H40N4O6S. The maximum Gasteiger partial charge on any atom is 0.303 e. The van der Waals surface area contributed by atoms with Crippen LogP contribution in [0, 0.1) is 31.6 Å². The number of carbonyl (C=O) groups excluding carboxylic acids is 2. The maximum atomic E-state index is 12.5. The van der Waals surface area contributed by atoms with Gasteiger partial charge in [0.1, 0.15) is 0 Å². The molecule has 2 aromatic heterocycles. The number of carboxylic acid groups (broad SMARTS) is 2. The Labute approximate surface area is 261 Å². The molecule has 0 saturated carbocycles. The van der Waals surface area contributed by atoms with Crippen LogP contribution in [-0.4, -0.2) is 55.2 Å². The first kappa shape index (κ1) is 32.7. The van der Waals surface area contributed by atoms with Crippen LogP contribution in [0.25, 0.3) is 18.2 Å². The summed E-state index contributed by atoms with van der Waals surface area (Å²) in [5.41, 5.74) is 6.13. The van der Waals surface area contributed by atoms with Gasteiger partial charge in [0.15, 0.2) is 0 Å². The SMILES string of the molecule is C=CC1C(=C)[C@@H](/C=c2/[nH]/c(=C\c3[nH]c(/C=C4\NC(=O)[C@H](C)[C@H]4C(C)S)c(C)c3CCC(=O)O)c(CCC(=O)O)c2C)NC1=O. The first-order chi connectivity index (χ1) is 20.7. The van der Waals surface area contributed by atoms with Crippen LogP contribution in [-0.2, 0) is 32.0 Å². The van der Waals surface area contributed by atoms with Crippen molar-refractivity contribution in [2.75, 3.05) is 0 Å². The van der Waals surface area contributed by atoms with Gasteiger partial charge in [-0.2, -0.15) is 12.6 Å². The molecule has 4 rings (SSSR count). The van der Waals surface area contributed by atoms with Crippen LogP contribution in [0.1, 0.15) is 60.3 Å². The van der Waals surface area contributed by atoms with E-state index in [0.29, 0.717) is 16.6 Å². The summed E-state index contributed by atoms with van der Waals surface area (Å²) in [6.45, 7) is 15.4. The lowest BCUT2D eigenvalue weighted by molar-refractivity contribution is -0.138. The highest BCUT2D eigenvalue weighted by Crippen LogP contribution is 2.34. The molecule has 2 fully saturated rings. The number of carbonyl (C=O) groups is 4. The van der Waals surface area contributed by atoms with Crippen LogP contribution in [0.15, 0.2) is 30.5 Å². The topological polar surface area (TPSA) is 164 Å². The zero-order valence-corrected chi connectivity index (χ0v) is 26.3. The summed E-state index contributed by atoms with van der Waals surface area (Å²) < 4.78 is 0. The van der Waals surface area contributed by atoms with Crippen molar-refractivity contribution < 1.29 is 29.4 Å². The highest BCUT2D eigenvalue weighted by molar-refractivity contribution is 7.80. The van der Waals surface area contributed by atoms with Crippen LogP contribution >= 0.6 is 12.6 Å². The number of carboxylic acids is 2. The van der Waals surface area contributed by atoms with Gasteiger partial charge in [-0.15, -0.1) is 6.58 Å². The number of H-pyrrole nitrogens is 2. The van der Waals surface area contributed by atoms with Gasteiger partial charge >= 0.3 is 11.9 Å². The van der Waals surface area contributed by atoms with E-state index in [1.165, 1.54) is 0 Å². The highest BCUT2D eigenvalue weighted by Gasteiger charge is 2.38. The van der Waals surface area contributed by atoms with E-state index >= 15 is 0 Å². The Bertz CT molecular complexity index is 1690. The van der Waals surface area contributed by atoms with Crippen LogP contribution < -0.4 is 21.3 Å². The zero-order valence-electron chi connectivity index (χ0n) is 25.4. The third kappa shape index (κ3) is 6.62. The Balaban J connectivity index is 1.88. The zero-order chi connectivity index (χ0) is 32.5. The third-order valence-corrected chi connectivity index (χ3v) is 9.04. The summed E-state index contributed by atoms with van der Waals surface area (Å²) in [4.78, 5) is 54.8. The molecule has 0 bridgehead atoms. The van der Waals surface area contributed by atoms with Crippen LogP contribution in [0.5, 0.6) is 0 Å². The van der Waals surface area contributed by atoms with Crippen molar-refractivity contribution in [3.63, 3.8) is 0 Å². The molecule has 0 aliphatic carbocycles. The predicted molar refractivity (Wildman–Crippen MR) is 172 cm³/mol. The lowest BCUT2D eigenvalue weighted by Crippen LogP contribution is -2.27. The number of amides is 2. The molecule has 0 aromatic carbocycles. The molecule has 5 atom stereocenters. The fourth-order valence-electron chi connectivity index (χ4n) is 6.18. The van der Waals surface area contributed by atoms with Gasteiger partial charge in [0, 0.05) is 57.7 Å². The minimum Gasteiger partial charge on any atom is -0.481 e. The maximum absolute atomic E-state index is 12.5. The van der Waals surface area contributed by atoms with Gasteiger partial charge in [-0.05, 0) is 72.7 Å². The fraction of sp³-hybridized carbons (Fsp3) is 0.394. The molecular weight excluding hydrogens is 580 g/mol. The van der Waals surface area contributed by atoms with Crippen molar-refractivity contribution in [1.29, 1.82) is 0 Å². The summed E-state index contributed by atoms with van der Waals surface area (Å²) in [6.07, 6.45) is 7.55. The summed E-state index contributed by atoms with van der Waals surface area (Å²) in [5.74, 6) is -2.95. The molecule has 0 spiro atoms. The molecule has 234 valence electrons. The first-order valence-corrected chi connectivity index (χ1v) is 15.1. The Kier molecular flexibility index (Phi) is 9.78. The van der Waals surface area contributed by atoms with E-state index in [2.05, 4.69) is 46.4 Å². The number of aliphatic carboxylic acids is 2. The van der Waals surface area contributed by atoms with E-state index in [1.807, 2.05) is 45.9 Å². The summed E-state index contributed by atoms with van der Waals surface area (Å²) >= 11 is 4.61. The average molecular weight is 621 g/mol. The molecule has 6 N–H and O–H groups in total. The van der Waals surface area contributed by atoms with Gasteiger partial charge in [-0.3, -0.25) is 19.2 Å². The van der Waals surface area contributed by atoms with E-state index < -0.39 is 23.9 Å². The number of nitrogens with one attached hydrogen (secondary N) is 4. The second-order valence-electron chi connectivity index (χ2n) is 11.6. The molecule has 2 aliphatic rings. The van der Waals surface area contributed by atoms with Crippen molar-refractivity contribution in [3.8, 4) is 0 Å². The molecule has 4 heterocycles. The van der Waals surface area contributed by atoms with Gasteiger partial charge in [0.05, 0.1) is 12.0 Å². The molecule has 44 heavy (non-hydrogen) atoms. The van der Waals surface area contributed by atoms with Gasteiger partial charge in [-0.1, -0.05) is 26.5 Å². The van der Waals surface area contributed by atoms with E-state index in [1.54, 1.807) is 6.08 Å². The van der Waals surface area contributed by atoms with E-state index in [-0.39, 0.29) is 54.6 Å². The largest absolute Gasteiger partial charge is 0.481 e. The van der Waals surface area contributed by atoms with Gasteiger partial charge in [0.25, 0.3) is 0 Å². The number of aromatic nitrogens is 2. The van der Waals surface area contributed by atoms with Crippen LogP contribution in [0.4, 0.5) is 0 Å². The predicted octanol–water partition coefficient (Wildman–Crippen LogP) is 2.50. The van der Waals surface area contributed by atoms with Gasteiger partial charge < -0.3 is 30.8 Å². The van der Waals surface area contributed by atoms with Crippen molar-refractivity contribution in [2.45, 2.75) is 64.7 Å². The summed E-state index contributed by atoms with van der Waals surface area (Å²) in [7, 11) is 0. The minimum absolute atomic E-state index is 0.0705. The summed E-state index contributed by atoms with van der Waals surface area (Å²) in [6, 6.07) is -0.425. The quantitative estimate of drug-likeness (QED) is 0.151. The second kappa shape index (κ2) is 13.2. The van der Waals surface area contributed by atoms with Crippen LogP contribution in [0.2, 0.25) is 0 Å². The first-order valence-electron chi connectivity index (χ1n) is 14.6. The Morgan fingerprint density at radius 3 is 2.16 bits per heavy atom. The molecule has 10 nitrogen and oxygen atoms in total. The molecule has 2 saturated heterocycles. The fourth-order valence-corrected chi connectivity index (χ4v) is 6.60. The van der Waals surface area contributed by atoms with E-state index in [0.717, 1.165) is 39.0 Å². The molecule has 0 radical (unpaired) electrons. The summed E-state index contributed by atoms with van der Waals surface area (Å²) in [5, 5.41) is 26.1. The van der Waals surface area contributed by atoms with Crippen molar-refractivity contribution in [1.82, 2.24) is 20.6 Å². The number of aromatic amines is 2. The van der Waals surface area contributed by atoms with E-state index in [9.17, 15) is 29.4 Å². The monoisotopic (exact) mass is 620 g/mol. The Morgan fingerprint density at radius 1 is 0.955 bits per heavy atom. The number of hydrogen-bond donors (Lipinski definition) is 7. The van der Waals surface area contributed by atoms with Gasteiger partial charge in [0.2, 0.25) is 11.8 Å². The number of hydrogen-bond acceptors (Lipinski definition) is 5. The molecule has 2 aromatic rings.